The number of amides is 2. The van der Waals surface area contributed by atoms with Crippen LogP contribution in [0.15, 0.2) is 18.2 Å². The summed E-state index contributed by atoms with van der Waals surface area (Å²) in [6.45, 7) is 1.97. The molecule has 0 radical (unpaired) electrons. The molecule has 2 aliphatic heterocycles. The van der Waals surface area contributed by atoms with Gasteiger partial charge >= 0.3 is 0 Å². The van der Waals surface area contributed by atoms with E-state index in [2.05, 4.69) is 15.5 Å². The van der Waals surface area contributed by atoms with E-state index in [0.717, 1.165) is 18.7 Å². The summed E-state index contributed by atoms with van der Waals surface area (Å²) >= 11 is 12.1. The van der Waals surface area contributed by atoms with Crippen LogP contribution >= 0.6 is 23.2 Å². The van der Waals surface area contributed by atoms with Crippen LogP contribution in [0.5, 0.6) is 0 Å². The molecular weight excluding hydrogens is 325 g/mol. The van der Waals surface area contributed by atoms with Crippen molar-refractivity contribution in [3.63, 3.8) is 0 Å². The van der Waals surface area contributed by atoms with Crippen LogP contribution in [0.2, 0.25) is 10.0 Å². The van der Waals surface area contributed by atoms with E-state index in [1.807, 2.05) is 12.1 Å². The van der Waals surface area contributed by atoms with Crippen LogP contribution in [-0.2, 0) is 9.59 Å². The lowest BCUT2D eigenvalue weighted by atomic mass is 10.1. The Morgan fingerprint density at radius 1 is 1.36 bits per heavy atom. The Labute approximate surface area is 138 Å². The molecule has 2 aliphatic rings. The van der Waals surface area contributed by atoms with Crippen molar-refractivity contribution < 1.29 is 9.59 Å². The summed E-state index contributed by atoms with van der Waals surface area (Å²) in [6, 6.07) is 5.51. The molecular formula is C15H17Cl2N3O2. The van der Waals surface area contributed by atoms with Crippen molar-refractivity contribution in [2.75, 3.05) is 24.5 Å². The lowest BCUT2D eigenvalue weighted by molar-refractivity contribution is -0.127. The van der Waals surface area contributed by atoms with Gasteiger partial charge in [-0.15, -0.1) is 0 Å². The molecule has 2 saturated heterocycles. The standard InChI is InChI=1S/C15H17Cl2N3O2/c16-10-1-2-13(12(17)6-10)20-4-3-11(8-20)19-15(22)9-5-14(21)18-7-9/h1-2,6,9,11H,3-5,7-8H2,(H,18,21)(H,19,22)/t9-,11+/m1/s1. The predicted molar refractivity (Wildman–Crippen MR) is 86.3 cm³/mol. The molecule has 1 aromatic rings. The molecule has 118 valence electrons. The number of benzene rings is 1. The SMILES string of the molecule is O=C1C[C@@H](C(=O)N[C@H]2CCN(c3ccc(Cl)cc3Cl)C2)CN1. The average Bonchev–Trinajstić information content (AvgIpc) is 3.08. The van der Waals surface area contributed by atoms with Crippen LogP contribution in [-0.4, -0.2) is 37.5 Å². The van der Waals surface area contributed by atoms with Gasteiger partial charge < -0.3 is 15.5 Å². The molecule has 1 aromatic carbocycles. The van der Waals surface area contributed by atoms with Crippen molar-refractivity contribution in [1.82, 2.24) is 10.6 Å². The summed E-state index contributed by atoms with van der Waals surface area (Å²) in [5.41, 5.74) is 0.931. The van der Waals surface area contributed by atoms with Gasteiger partial charge in [0.05, 0.1) is 16.6 Å². The quantitative estimate of drug-likeness (QED) is 0.881. The summed E-state index contributed by atoms with van der Waals surface area (Å²) < 4.78 is 0. The summed E-state index contributed by atoms with van der Waals surface area (Å²) in [5, 5.41) is 6.94. The number of hydrogen-bond acceptors (Lipinski definition) is 3. The molecule has 3 rings (SSSR count). The maximum atomic E-state index is 12.1. The number of anilines is 1. The Hall–Kier alpha value is -1.46. The zero-order valence-electron chi connectivity index (χ0n) is 11.9. The summed E-state index contributed by atoms with van der Waals surface area (Å²) in [5.74, 6) is -0.353. The lowest BCUT2D eigenvalue weighted by Gasteiger charge is -2.21. The monoisotopic (exact) mass is 341 g/mol. The molecule has 7 heteroatoms. The zero-order valence-corrected chi connectivity index (χ0v) is 13.5. The number of nitrogens with one attached hydrogen (secondary N) is 2. The fourth-order valence-electron chi connectivity index (χ4n) is 2.94. The van der Waals surface area contributed by atoms with E-state index in [4.69, 9.17) is 23.2 Å². The smallest absolute Gasteiger partial charge is 0.225 e. The first-order valence-corrected chi connectivity index (χ1v) is 8.05. The largest absolute Gasteiger partial charge is 0.368 e. The number of carbonyl (C=O) groups excluding carboxylic acids is 2. The molecule has 0 bridgehead atoms. The van der Waals surface area contributed by atoms with Crippen LogP contribution in [0.4, 0.5) is 5.69 Å². The highest BCUT2D eigenvalue weighted by Crippen LogP contribution is 2.31. The van der Waals surface area contributed by atoms with Crippen molar-refractivity contribution in [2.45, 2.75) is 18.9 Å². The van der Waals surface area contributed by atoms with Crippen LogP contribution in [0, 0.1) is 5.92 Å². The summed E-state index contributed by atoms with van der Waals surface area (Å²) in [6.07, 6.45) is 1.14. The predicted octanol–water partition coefficient (Wildman–Crippen LogP) is 1.82. The molecule has 5 nitrogen and oxygen atoms in total. The van der Waals surface area contributed by atoms with E-state index in [0.29, 0.717) is 23.1 Å². The van der Waals surface area contributed by atoms with Crippen LogP contribution in [0.25, 0.3) is 0 Å². The third kappa shape index (κ3) is 3.31. The Balaban J connectivity index is 1.58. The van der Waals surface area contributed by atoms with E-state index < -0.39 is 0 Å². The van der Waals surface area contributed by atoms with Crippen molar-refractivity contribution in [1.29, 1.82) is 0 Å². The second-order valence-corrected chi connectivity index (χ2v) is 6.58. The second-order valence-electron chi connectivity index (χ2n) is 5.74. The zero-order chi connectivity index (χ0) is 15.7. The van der Waals surface area contributed by atoms with E-state index in [1.165, 1.54) is 0 Å². The van der Waals surface area contributed by atoms with Crippen molar-refractivity contribution in [3.05, 3.63) is 28.2 Å². The highest BCUT2D eigenvalue weighted by molar-refractivity contribution is 6.36. The average molecular weight is 342 g/mol. The topological polar surface area (TPSA) is 61.4 Å². The van der Waals surface area contributed by atoms with Gasteiger partial charge in [0.15, 0.2) is 0 Å². The minimum absolute atomic E-state index is 0.0487. The number of carbonyl (C=O) groups is 2. The lowest BCUT2D eigenvalue weighted by Crippen LogP contribution is -2.41. The van der Waals surface area contributed by atoms with Gasteiger partial charge in [-0.3, -0.25) is 9.59 Å². The van der Waals surface area contributed by atoms with Gasteiger partial charge in [0.1, 0.15) is 0 Å². The first-order valence-electron chi connectivity index (χ1n) is 7.30. The molecule has 2 amide bonds. The second kappa shape index (κ2) is 6.34. The molecule has 2 fully saturated rings. The molecule has 0 spiro atoms. The first kappa shape index (κ1) is 15.4. The normalized spacial score (nSPS) is 24.5. The van der Waals surface area contributed by atoms with E-state index >= 15 is 0 Å². The van der Waals surface area contributed by atoms with Crippen LogP contribution in [0.1, 0.15) is 12.8 Å². The maximum absolute atomic E-state index is 12.1. The van der Waals surface area contributed by atoms with Gasteiger partial charge in [0.2, 0.25) is 11.8 Å². The number of nitrogens with zero attached hydrogens (tertiary/aromatic N) is 1. The minimum atomic E-state index is -0.249. The first-order chi connectivity index (χ1) is 10.5. The Kier molecular flexibility index (Phi) is 4.45. The van der Waals surface area contributed by atoms with Gasteiger partial charge in [0, 0.05) is 37.1 Å². The molecule has 2 atom stereocenters. The fourth-order valence-corrected chi connectivity index (χ4v) is 3.47. The fraction of sp³-hybridized carbons (Fsp3) is 0.467. The molecule has 2 heterocycles. The third-order valence-corrected chi connectivity index (χ3v) is 4.67. The Bertz CT molecular complexity index is 608. The van der Waals surface area contributed by atoms with Gasteiger partial charge in [-0.2, -0.15) is 0 Å². The van der Waals surface area contributed by atoms with Gasteiger partial charge in [-0.05, 0) is 24.6 Å². The van der Waals surface area contributed by atoms with E-state index in [1.54, 1.807) is 6.07 Å². The molecule has 0 unspecified atom stereocenters. The summed E-state index contributed by atoms with van der Waals surface area (Å²) in [7, 11) is 0. The highest BCUT2D eigenvalue weighted by Gasteiger charge is 2.31. The highest BCUT2D eigenvalue weighted by atomic mass is 35.5. The molecule has 0 aliphatic carbocycles. The van der Waals surface area contributed by atoms with E-state index in [-0.39, 0.29) is 30.2 Å². The number of rotatable bonds is 3. The third-order valence-electron chi connectivity index (χ3n) is 4.13. The maximum Gasteiger partial charge on any atom is 0.225 e. The van der Waals surface area contributed by atoms with Crippen molar-refractivity contribution >= 4 is 40.7 Å². The van der Waals surface area contributed by atoms with Crippen LogP contribution < -0.4 is 15.5 Å². The molecule has 0 aromatic heterocycles. The van der Waals surface area contributed by atoms with Crippen molar-refractivity contribution in [3.8, 4) is 0 Å². The number of hydrogen-bond donors (Lipinski definition) is 2. The van der Waals surface area contributed by atoms with Crippen molar-refractivity contribution in [2.24, 2.45) is 5.92 Å². The minimum Gasteiger partial charge on any atom is -0.368 e. The Morgan fingerprint density at radius 3 is 2.86 bits per heavy atom. The van der Waals surface area contributed by atoms with Gasteiger partial charge in [-0.25, -0.2) is 0 Å². The van der Waals surface area contributed by atoms with Gasteiger partial charge in [-0.1, -0.05) is 23.2 Å². The molecule has 2 N–H and O–H groups in total. The molecule has 0 saturated carbocycles. The van der Waals surface area contributed by atoms with E-state index in [9.17, 15) is 9.59 Å². The van der Waals surface area contributed by atoms with Gasteiger partial charge in [0.25, 0.3) is 0 Å². The Morgan fingerprint density at radius 2 is 2.18 bits per heavy atom. The molecule has 22 heavy (non-hydrogen) atoms. The summed E-state index contributed by atoms with van der Waals surface area (Å²) in [4.78, 5) is 25.4. The van der Waals surface area contributed by atoms with Crippen LogP contribution in [0.3, 0.4) is 0 Å². The number of halogens is 2.